The Kier molecular flexibility index (Phi) is 4.24. The third-order valence-corrected chi connectivity index (χ3v) is 3.92. The number of rotatable bonds is 3. The van der Waals surface area contributed by atoms with Crippen LogP contribution in [0.5, 0.6) is 0 Å². The van der Waals surface area contributed by atoms with E-state index in [1.54, 1.807) is 12.1 Å². The lowest BCUT2D eigenvalue weighted by atomic mass is 9.98. The summed E-state index contributed by atoms with van der Waals surface area (Å²) >= 11 is 0. The summed E-state index contributed by atoms with van der Waals surface area (Å²) in [6, 6.07) is 14.3. The lowest BCUT2D eigenvalue weighted by Gasteiger charge is -2.28. The fourth-order valence-electron chi connectivity index (χ4n) is 2.87. The first-order valence-corrected chi connectivity index (χ1v) is 7.61. The van der Waals surface area contributed by atoms with Gasteiger partial charge < -0.3 is 15.3 Å². The van der Waals surface area contributed by atoms with E-state index in [1.807, 2.05) is 42.2 Å². The van der Waals surface area contributed by atoms with E-state index >= 15 is 0 Å². The van der Waals surface area contributed by atoms with Crippen LogP contribution < -0.4 is 10.2 Å². The van der Waals surface area contributed by atoms with Gasteiger partial charge in [-0.1, -0.05) is 18.2 Å². The van der Waals surface area contributed by atoms with Crippen molar-refractivity contribution in [3.63, 3.8) is 0 Å². The lowest BCUT2D eigenvalue weighted by Crippen LogP contribution is -2.26. The minimum Gasteiger partial charge on any atom is -0.370 e. The molecule has 6 heteroatoms. The van der Waals surface area contributed by atoms with Crippen molar-refractivity contribution in [1.29, 1.82) is 0 Å². The molecule has 0 radical (unpaired) electrons. The molecule has 3 nitrogen and oxygen atoms in total. The van der Waals surface area contributed by atoms with E-state index in [-0.39, 0.29) is 11.3 Å². The Bertz CT molecular complexity index is 757. The van der Waals surface area contributed by atoms with E-state index in [2.05, 4.69) is 5.32 Å². The Balaban J connectivity index is 2.07. The number of allylic oxidation sites excluding steroid dienone is 1. The van der Waals surface area contributed by atoms with Gasteiger partial charge in [0, 0.05) is 29.2 Å². The van der Waals surface area contributed by atoms with Crippen molar-refractivity contribution in [3.8, 4) is 0 Å². The van der Waals surface area contributed by atoms with E-state index in [4.69, 9.17) is 0 Å². The van der Waals surface area contributed by atoms with Crippen LogP contribution in [0.25, 0.3) is 5.57 Å². The molecular weight excluding hydrogens is 317 g/mol. The number of para-hydroxylation sites is 1. The molecule has 0 aliphatic carbocycles. The number of nitrogens with one attached hydrogen (secondary N) is 1. The van der Waals surface area contributed by atoms with Crippen LogP contribution in [-0.2, 0) is 0 Å². The zero-order valence-electron chi connectivity index (χ0n) is 13.0. The molecule has 0 fully saturated rings. The highest BCUT2D eigenvalue weighted by Crippen LogP contribution is 2.42. The molecule has 0 saturated heterocycles. The predicted molar refractivity (Wildman–Crippen MR) is 89.2 cm³/mol. The van der Waals surface area contributed by atoms with E-state index < -0.39 is 18.0 Å². The molecule has 0 saturated carbocycles. The molecule has 1 unspecified atom stereocenters. The van der Waals surface area contributed by atoms with Gasteiger partial charge >= 0.3 is 6.18 Å². The van der Waals surface area contributed by atoms with Crippen molar-refractivity contribution in [1.82, 2.24) is 0 Å². The summed E-state index contributed by atoms with van der Waals surface area (Å²) in [4.78, 5) is 1.93. The Hall–Kier alpha value is -2.47. The van der Waals surface area contributed by atoms with Crippen molar-refractivity contribution in [3.05, 3.63) is 60.2 Å². The second kappa shape index (κ2) is 6.20. The zero-order chi connectivity index (χ0) is 17.3. The van der Waals surface area contributed by atoms with E-state index in [0.717, 1.165) is 11.8 Å². The summed E-state index contributed by atoms with van der Waals surface area (Å²) < 4.78 is 39.9. The molecule has 0 aromatic heterocycles. The second-order valence-corrected chi connectivity index (χ2v) is 5.48. The maximum atomic E-state index is 13.3. The van der Waals surface area contributed by atoms with Gasteiger partial charge in [0.15, 0.2) is 0 Å². The lowest BCUT2D eigenvalue weighted by molar-refractivity contribution is -0.0696. The maximum Gasteiger partial charge on any atom is 0.416 e. The molecule has 0 bridgehead atoms. The summed E-state index contributed by atoms with van der Waals surface area (Å²) in [7, 11) is 0. The average Bonchev–Trinajstić information content (AvgIpc) is 2.55. The van der Waals surface area contributed by atoms with Crippen molar-refractivity contribution in [2.45, 2.75) is 19.3 Å². The Labute approximate surface area is 138 Å². The summed E-state index contributed by atoms with van der Waals surface area (Å²) in [5.41, 5.74) is 1.05. The van der Waals surface area contributed by atoms with Gasteiger partial charge in [0.25, 0.3) is 0 Å². The van der Waals surface area contributed by atoms with Crippen molar-refractivity contribution in [2.24, 2.45) is 0 Å². The number of benzene rings is 2. The third-order valence-electron chi connectivity index (χ3n) is 3.92. The van der Waals surface area contributed by atoms with Gasteiger partial charge in [-0.2, -0.15) is 13.2 Å². The zero-order valence-corrected chi connectivity index (χ0v) is 13.0. The number of halogens is 3. The standard InChI is InChI=1S/C18H17F3N2O/c1-2-23(12-6-4-3-5-7-12)13-8-9-16-14(10-13)15(18(19,20)21)11-17(24)22-16/h3-11,17,22,24H,2H2,1H3. The van der Waals surface area contributed by atoms with Crippen LogP contribution in [0.4, 0.5) is 30.2 Å². The smallest absolute Gasteiger partial charge is 0.370 e. The van der Waals surface area contributed by atoms with Crippen LogP contribution in [0.2, 0.25) is 0 Å². The quantitative estimate of drug-likeness (QED) is 0.865. The van der Waals surface area contributed by atoms with Crippen LogP contribution in [0, 0.1) is 0 Å². The minimum absolute atomic E-state index is 0.0414. The number of aliphatic hydroxyl groups is 1. The molecule has 3 rings (SSSR count). The highest BCUT2D eigenvalue weighted by Gasteiger charge is 2.38. The van der Waals surface area contributed by atoms with E-state index in [1.165, 1.54) is 6.07 Å². The van der Waals surface area contributed by atoms with E-state index in [0.29, 0.717) is 12.2 Å². The number of anilines is 3. The van der Waals surface area contributed by atoms with Gasteiger partial charge in [0.2, 0.25) is 0 Å². The maximum absolute atomic E-state index is 13.3. The molecule has 1 aliphatic rings. The van der Waals surface area contributed by atoms with Gasteiger partial charge in [-0.15, -0.1) is 0 Å². The molecule has 0 amide bonds. The van der Waals surface area contributed by atoms with E-state index in [9.17, 15) is 18.3 Å². The highest BCUT2D eigenvalue weighted by molar-refractivity contribution is 5.85. The van der Waals surface area contributed by atoms with Crippen molar-refractivity contribution in [2.75, 3.05) is 16.8 Å². The van der Waals surface area contributed by atoms with Gasteiger partial charge in [-0.25, -0.2) is 0 Å². The molecule has 0 spiro atoms. The Morgan fingerprint density at radius 3 is 2.42 bits per heavy atom. The molecule has 2 N–H and O–H groups in total. The van der Waals surface area contributed by atoms with Crippen LogP contribution in [0.3, 0.4) is 0 Å². The Morgan fingerprint density at radius 2 is 1.79 bits per heavy atom. The molecule has 126 valence electrons. The molecule has 1 aliphatic heterocycles. The monoisotopic (exact) mass is 334 g/mol. The average molecular weight is 334 g/mol. The second-order valence-electron chi connectivity index (χ2n) is 5.48. The highest BCUT2D eigenvalue weighted by atomic mass is 19.4. The molecule has 24 heavy (non-hydrogen) atoms. The van der Waals surface area contributed by atoms with Gasteiger partial charge in [0.05, 0.1) is 5.57 Å². The SMILES string of the molecule is CCN(c1ccccc1)c1ccc2c(c1)C(C(F)(F)F)=CC(O)N2. The summed E-state index contributed by atoms with van der Waals surface area (Å²) in [5, 5.41) is 12.2. The topological polar surface area (TPSA) is 35.5 Å². The van der Waals surface area contributed by atoms with Crippen molar-refractivity contribution >= 4 is 22.6 Å². The van der Waals surface area contributed by atoms with Gasteiger partial charge in [0.1, 0.15) is 6.23 Å². The van der Waals surface area contributed by atoms with Crippen LogP contribution in [0.15, 0.2) is 54.6 Å². The molecule has 1 heterocycles. The molecule has 1 atom stereocenters. The Morgan fingerprint density at radius 1 is 1.08 bits per heavy atom. The number of aliphatic hydroxyl groups excluding tert-OH is 1. The fraction of sp³-hybridized carbons (Fsp3) is 0.222. The first kappa shape index (κ1) is 16.4. The predicted octanol–water partition coefficient (Wildman–Crippen LogP) is 4.53. The summed E-state index contributed by atoms with van der Waals surface area (Å²) in [6.07, 6.45) is -5.08. The van der Waals surface area contributed by atoms with Crippen molar-refractivity contribution < 1.29 is 18.3 Å². The first-order valence-electron chi connectivity index (χ1n) is 7.61. The number of hydrogen-bond donors (Lipinski definition) is 2. The van der Waals surface area contributed by atoms with Crippen LogP contribution in [0.1, 0.15) is 12.5 Å². The normalized spacial score (nSPS) is 16.9. The number of nitrogens with zero attached hydrogens (tertiary/aromatic N) is 1. The summed E-state index contributed by atoms with van der Waals surface area (Å²) in [6.45, 7) is 2.55. The fourth-order valence-corrected chi connectivity index (χ4v) is 2.87. The minimum atomic E-state index is -4.53. The summed E-state index contributed by atoms with van der Waals surface area (Å²) in [5.74, 6) is 0. The van der Waals surface area contributed by atoms with Gasteiger partial charge in [-0.3, -0.25) is 0 Å². The van der Waals surface area contributed by atoms with Crippen LogP contribution >= 0.6 is 0 Å². The number of fused-ring (bicyclic) bond motifs is 1. The molecule has 2 aromatic carbocycles. The number of hydrogen-bond acceptors (Lipinski definition) is 3. The van der Waals surface area contributed by atoms with Gasteiger partial charge in [-0.05, 0) is 43.3 Å². The van der Waals surface area contributed by atoms with Crippen LogP contribution in [-0.4, -0.2) is 24.1 Å². The number of alkyl halides is 3. The first-order chi connectivity index (χ1) is 11.4. The largest absolute Gasteiger partial charge is 0.416 e. The molecule has 2 aromatic rings. The third kappa shape index (κ3) is 3.10. The molecular formula is C18H17F3N2O.